The monoisotopic (exact) mass is 1360 g/mol. The molecule has 2 unspecified atom stereocenters. The molecule has 6 fully saturated rings. The molecule has 0 spiro atoms. The number of ether oxygens (including phenoxy) is 10. The van der Waals surface area contributed by atoms with Gasteiger partial charge in [-0.1, -0.05) is 27.7 Å². The van der Waals surface area contributed by atoms with Crippen molar-refractivity contribution in [2.24, 2.45) is 35.0 Å². The normalized spacial score (nSPS) is 42.2. The molecule has 544 valence electrons. The summed E-state index contributed by atoms with van der Waals surface area (Å²) in [7, 11) is 0. The molecule has 6 rings (SSSR count). The van der Waals surface area contributed by atoms with Crippen molar-refractivity contribution in [1.82, 2.24) is 10.6 Å². The Morgan fingerprint density at radius 1 is 0.473 bits per heavy atom. The van der Waals surface area contributed by atoms with Gasteiger partial charge in [0.15, 0.2) is 37.0 Å². The minimum Gasteiger partial charge on any atom is -0.479 e. The molecule has 0 radical (unpaired) electrons. The van der Waals surface area contributed by atoms with E-state index in [4.69, 9.17) is 74.8 Å². The first-order chi connectivity index (χ1) is 43.1. The van der Waals surface area contributed by atoms with Gasteiger partial charge >= 0.3 is 18.2 Å². The van der Waals surface area contributed by atoms with E-state index in [9.17, 15) is 95.8 Å². The molecule has 2 amide bonds. The Labute approximate surface area is 538 Å². The predicted molar refractivity (Wildman–Crippen MR) is 314 cm³/mol. The number of carboxylic acid groups (broad SMARTS) is 1. The molecule has 0 bridgehead atoms. The van der Waals surface area contributed by atoms with Gasteiger partial charge in [0, 0.05) is 12.5 Å². The fourth-order valence-corrected chi connectivity index (χ4v) is 11.4. The van der Waals surface area contributed by atoms with Gasteiger partial charge in [-0.05, 0) is 85.0 Å². The number of aliphatic carboxylic acids is 1. The molecule has 4 heterocycles. The number of nitrogens with two attached hydrogens (primary N) is 3. The molecule has 0 aromatic rings. The number of hydrogen-bond donors (Lipinski definition) is 22. The van der Waals surface area contributed by atoms with Gasteiger partial charge in [0.2, 0.25) is 0 Å². The lowest BCUT2D eigenvalue weighted by molar-refractivity contribution is -0.340. The largest absolute Gasteiger partial charge is 0.479 e. The molecule has 0 aromatic carbocycles. The summed E-state index contributed by atoms with van der Waals surface area (Å²) in [6.07, 6.45) is -36.0. The van der Waals surface area contributed by atoms with Gasteiger partial charge in [0.05, 0.1) is 68.9 Å². The third-order valence-corrected chi connectivity index (χ3v) is 16.7. The summed E-state index contributed by atoms with van der Waals surface area (Å²) in [6, 6.07) is -3.14. The van der Waals surface area contributed by atoms with Gasteiger partial charge in [-0.2, -0.15) is 0 Å². The van der Waals surface area contributed by atoms with E-state index in [1.54, 1.807) is 69.2 Å². The van der Waals surface area contributed by atoms with Gasteiger partial charge in [-0.25, -0.2) is 14.4 Å². The van der Waals surface area contributed by atoms with Crippen molar-refractivity contribution in [3.05, 3.63) is 0 Å². The first kappa shape index (κ1) is 82.0. The van der Waals surface area contributed by atoms with Crippen molar-refractivity contribution < 1.29 is 153 Å². The fraction of sp³-hybridized carbons (Fsp3) is 0.930. The van der Waals surface area contributed by atoms with E-state index in [1.807, 2.05) is 0 Å². The number of carbonyl (C=O) groups excluding carboxylic acids is 3. The Bertz CT molecular complexity index is 2240. The van der Waals surface area contributed by atoms with Crippen LogP contribution in [0.15, 0.2) is 0 Å². The number of Topliss-reactive ketones (excluding diaryl/α,β-unsaturated/α-hetero) is 1. The Balaban J connectivity index is 0.000000340. The number of carboxylic acids is 1. The second kappa shape index (κ2) is 35.9. The number of rotatable bonds is 20. The molecule has 6 aliphatic rings. The second-order valence-electron chi connectivity index (χ2n) is 26.5. The molecule has 0 aromatic heterocycles. The average Bonchev–Trinajstić information content (AvgIpc) is 0.796. The van der Waals surface area contributed by atoms with Crippen LogP contribution in [0, 0.1) is 17.8 Å². The van der Waals surface area contributed by atoms with E-state index < -0.39 is 244 Å². The van der Waals surface area contributed by atoms with Crippen LogP contribution in [0.4, 0.5) is 9.59 Å². The number of hydrogen-bond acceptors (Lipinski definition) is 33. The van der Waals surface area contributed by atoms with Crippen LogP contribution >= 0.6 is 0 Å². The lowest BCUT2D eigenvalue weighted by Crippen LogP contribution is -2.66. The predicted octanol–water partition coefficient (Wildman–Crippen LogP) is -7.97. The highest BCUT2D eigenvalue weighted by molar-refractivity contribution is 5.84. The quantitative estimate of drug-likeness (QED) is 0.0538. The number of ketones is 1. The second-order valence-corrected chi connectivity index (χ2v) is 26.5. The van der Waals surface area contributed by atoms with Crippen molar-refractivity contribution in [2.45, 2.75) is 290 Å². The Morgan fingerprint density at radius 2 is 0.817 bits per heavy atom. The maximum absolute atomic E-state index is 13.1. The summed E-state index contributed by atoms with van der Waals surface area (Å²) in [5, 5.41) is 177. The summed E-state index contributed by atoms with van der Waals surface area (Å²) < 4.78 is 55.8. The van der Waals surface area contributed by atoms with Crippen LogP contribution in [0.2, 0.25) is 0 Å². The van der Waals surface area contributed by atoms with Crippen LogP contribution in [0.1, 0.15) is 101 Å². The van der Waals surface area contributed by atoms with Crippen LogP contribution in [-0.2, 0) is 57.0 Å². The highest BCUT2D eigenvalue weighted by atomic mass is 16.7. The zero-order valence-electron chi connectivity index (χ0n) is 53.9. The highest BCUT2D eigenvalue weighted by Crippen LogP contribution is 2.40. The molecule has 36 heteroatoms. The summed E-state index contributed by atoms with van der Waals surface area (Å²) in [4.78, 5) is 46.2. The van der Waals surface area contributed by atoms with Gasteiger partial charge in [0.25, 0.3) is 0 Å². The number of alkyl carbamates (subject to hydrolysis) is 2. The zero-order valence-corrected chi connectivity index (χ0v) is 53.9. The molecular formula is C57H105N5O31. The van der Waals surface area contributed by atoms with Gasteiger partial charge in [0.1, 0.15) is 109 Å². The van der Waals surface area contributed by atoms with E-state index >= 15 is 0 Å². The lowest BCUT2D eigenvalue weighted by atomic mass is 9.74. The first-order valence-corrected chi connectivity index (χ1v) is 31.1. The molecule has 2 aliphatic carbocycles. The number of aliphatic hydroxyl groups excluding tert-OH is 16. The number of amides is 2. The standard InChI is InChI=1S/C29H52N2O15.C20H38N2O11.C8H15NO5/c1-6-15-19(36)21(38)22(39)27(42-15)44-24-11(2)7-12(8-13(33)14(34)9-31-28(41)46-29(3,4)5)25(23(24)40)45-26-20(37)17(30)18(35)16(10-32)43-26;1-3-8-12(25)14(27)15(28)20(30-8)32-17-6(2)4-7(21)18(16(17)29)33-19-13(26)10(22)11(24)9(5-23)31-19;1-8(2,3)14-7(13)9-4-5(10)6(11)12/h11-12,14-27,32,34-40H,6-10,30H2,1-5H3,(H,31,41);6-20,23-29H,3-5,21-22H2,1-2H3;5,10H,4H2,1-3H3,(H,9,13)(H,11,12)/t11-,12-,14-,15+,16+,17-,18+,19+,20+,21-,22+,23-,24?,25-,26+,27+;6-,7+,8+,9+,10-,11+,12+,13+,14-,15+,16-,17?,18-,19+,20+;5-/m000/s1. The Morgan fingerprint density at radius 3 is 1.19 bits per heavy atom. The summed E-state index contributed by atoms with van der Waals surface area (Å²) in [6.45, 7) is 14.9. The first-order valence-electron chi connectivity index (χ1n) is 31.1. The van der Waals surface area contributed by atoms with Gasteiger partial charge in [-0.15, -0.1) is 0 Å². The molecule has 4 aliphatic heterocycles. The minimum absolute atomic E-state index is 0.135. The van der Waals surface area contributed by atoms with Crippen LogP contribution in [0.25, 0.3) is 0 Å². The van der Waals surface area contributed by atoms with E-state index in [-0.39, 0.29) is 31.7 Å². The van der Waals surface area contributed by atoms with E-state index in [0.29, 0.717) is 12.8 Å². The van der Waals surface area contributed by atoms with Crippen LogP contribution < -0.4 is 27.8 Å². The summed E-state index contributed by atoms with van der Waals surface area (Å²) in [5.74, 6) is -3.75. The number of carbonyl (C=O) groups is 4. The van der Waals surface area contributed by atoms with E-state index in [1.165, 1.54) is 0 Å². The third-order valence-electron chi connectivity index (χ3n) is 16.7. The highest BCUT2D eigenvalue weighted by Gasteiger charge is 2.54. The lowest BCUT2D eigenvalue weighted by Gasteiger charge is -2.49. The summed E-state index contributed by atoms with van der Waals surface area (Å²) in [5.41, 5.74) is 16.5. The number of nitrogens with one attached hydrogen (secondary N) is 2. The van der Waals surface area contributed by atoms with Crippen LogP contribution in [-0.4, -0.2) is 326 Å². The molecule has 2 saturated carbocycles. The Kier molecular flexibility index (Phi) is 31.7. The van der Waals surface area contributed by atoms with Gasteiger partial charge < -0.3 is 162 Å². The van der Waals surface area contributed by atoms with Crippen molar-refractivity contribution in [1.29, 1.82) is 0 Å². The van der Waals surface area contributed by atoms with Crippen molar-refractivity contribution in [3.8, 4) is 0 Å². The molecular weight excluding hydrogens is 1250 g/mol. The fourth-order valence-electron chi connectivity index (χ4n) is 11.4. The molecule has 32 atom stereocenters. The SMILES string of the molecule is CC(C)(C)OC(=O)NC[C@H](O)C(=O)O.CC[C@H]1O[C@H](OC2[C@@H](C)C[C@@H](CC(=O)[C@@H](O)CNC(=O)OC(C)(C)C)[C@H](O[C@H]3O[C@H](CO)[C@@H](O)[C@H](N)[C@H]3O)[C@H]2O)[C@H](O)[C@@H](O)[C@@H]1O.CC[C@H]1O[C@H](OC2[C@@H](C)C[C@@H](N)[C@H](O[C@H]3O[C@H](CO)[C@@H](O)[C@H](N)[C@H]3O)[C@H]2O)[C@H](O)[C@@H](O)[C@@H]1O. The van der Waals surface area contributed by atoms with Crippen LogP contribution in [0.5, 0.6) is 0 Å². The molecule has 4 saturated heterocycles. The third kappa shape index (κ3) is 22.3. The Hall–Kier alpha value is -3.40. The smallest absolute Gasteiger partial charge is 0.407 e. The average molecular weight is 1360 g/mol. The maximum atomic E-state index is 13.1. The van der Waals surface area contributed by atoms with Crippen molar-refractivity contribution in [3.63, 3.8) is 0 Å². The topological polar surface area (TPSA) is 607 Å². The minimum atomic E-state index is -1.67. The molecule has 93 heavy (non-hydrogen) atoms. The summed E-state index contributed by atoms with van der Waals surface area (Å²) >= 11 is 0. The van der Waals surface area contributed by atoms with Gasteiger partial charge in [-0.3, -0.25) is 4.79 Å². The van der Waals surface area contributed by atoms with Crippen LogP contribution in [0.3, 0.4) is 0 Å². The molecule has 25 N–H and O–H groups in total. The number of aliphatic hydroxyl groups is 16. The van der Waals surface area contributed by atoms with Crippen molar-refractivity contribution in [2.75, 3.05) is 26.3 Å². The maximum Gasteiger partial charge on any atom is 0.407 e. The van der Waals surface area contributed by atoms with E-state index in [2.05, 4.69) is 10.6 Å². The zero-order chi connectivity index (χ0) is 70.6. The van der Waals surface area contributed by atoms with E-state index in [0.717, 1.165) is 0 Å². The molecule has 36 nitrogen and oxygen atoms in total. The van der Waals surface area contributed by atoms with Crippen molar-refractivity contribution >= 4 is 23.9 Å².